The molecule has 0 aromatic rings. The Morgan fingerprint density at radius 3 is 2.81 bits per heavy atom. The normalized spacial score (nSPS) is 16.8. The second-order valence-electron chi connectivity index (χ2n) is 3.73. The summed E-state index contributed by atoms with van der Waals surface area (Å²) >= 11 is 0. The molecule has 0 radical (unpaired) electrons. The van der Waals surface area contributed by atoms with Crippen LogP contribution in [-0.2, 0) is 4.74 Å². The molecule has 1 rings (SSSR count). The minimum absolute atomic E-state index is 0.123. The van der Waals surface area contributed by atoms with E-state index >= 15 is 0 Å². The third-order valence-electron chi connectivity index (χ3n) is 2.45. The largest absolute Gasteiger partial charge is 0.379 e. The third-order valence-corrected chi connectivity index (χ3v) is 2.45. The zero-order valence-electron chi connectivity index (χ0n) is 9.71. The van der Waals surface area contributed by atoms with E-state index in [2.05, 4.69) is 22.1 Å². The lowest BCUT2D eigenvalue weighted by Gasteiger charge is -2.26. The Kier molecular flexibility index (Phi) is 6.60. The van der Waals surface area contributed by atoms with E-state index in [0.717, 1.165) is 39.3 Å². The predicted octanol–water partition coefficient (Wildman–Crippen LogP) is 0.194. The summed E-state index contributed by atoms with van der Waals surface area (Å²) in [5.74, 6) is 0. The molecule has 0 spiro atoms. The molecule has 0 bridgehead atoms. The molecule has 2 amide bonds. The molecule has 5 nitrogen and oxygen atoms in total. The first-order chi connectivity index (χ1) is 7.83. The van der Waals surface area contributed by atoms with Crippen LogP contribution in [0.5, 0.6) is 0 Å². The van der Waals surface area contributed by atoms with E-state index in [4.69, 9.17) is 4.74 Å². The van der Waals surface area contributed by atoms with E-state index in [0.29, 0.717) is 13.1 Å². The molecule has 0 atom stereocenters. The van der Waals surface area contributed by atoms with Crippen molar-refractivity contribution in [2.75, 3.05) is 45.9 Å². The average molecular weight is 227 g/mol. The predicted molar refractivity (Wildman–Crippen MR) is 63.5 cm³/mol. The second kappa shape index (κ2) is 8.13. The fourth-order valence-corrected chi connectivity index (χ4v) is 1.56. The van der Waals surface area contributed by atoms with Gasteiger partial charge in [-0.15, -0.1) is 6.58 Å². The van der Waals surface area contributed by atoms with Crippen LogP contribution in [0.3, 0.4) is 0 Å². The third kappa shape index (κ3) is 5.72. The molecule has 1 aliphatic heterocycles. The van der Waals surface area contributed by atoms with Gasteiger partial charge in [-0.2, -0.15) is 0 Å². The molecule has 5 heteroatoms. The van der Waals surface area contributed by atoms with Gasteiger partial charge in [0.25, 0.3) is 0 Å². The number of nitrogens with zero attached hydrogens (tertiary/aromatic N) is 1. The highest BCUT2D eigenvalue weighted by atomic mass is 16.5. The first-order valence-electron chi connectivity index (χ1n) is 5.75. The van der Waals surface area contributed by atoms with Crippen molar-refractivity contribution in [2.45, 2.75) is 6.42 Å². The standard InChI is InChI=1S/C11H21N3O2/c1-2-4-12-11(15)13-5-3-6-14-7-9-16-10-8-14/h2H,1,3-10H2,(H2,12,13,15). The molecule has 0 saturated carbocycles. The van der Waals surface area contributed by atoms with Crippen LogP contribution in [0.1, 0.15) is 6.42 Å². The summed E-state index contributed by atoms with van der Waals surface area (Å²) in [5.41, 5.74) is 0. The van der Waals surface area contributed by atoms with Crippen molar-refractivity contribution in [1.82, 2.24) is 15.5 Å². The van der Waals surface area contributed by atoms with Crippen molar-refractivity contribution < 1.29 is 9.53 Å². The van der Waals surface area contributed by atoms with Crippen LogP contribution < -0.4 is 10.6 Å². The highest BCUT2D eigenvalue weighted by Crippen LogP contribution is 1.96. The number of ether oxygens (including phenoxy) is 1. The first-order valence-corrected chi connectivity index (χ1v) is 5.75. The number of morpholine rings is 1. The summed E-state index contributed by atoms with van der Waals surface area (Å²) in [4.78, 5) is 13.5. The molecule has 0 aromatic heterocycles. The number of amides is 2. The Morgan fingerprint density at radius 1 is 1.38 bits per heavy atom. The topological polar surface area (TPSA) is 53.6 Å². The Hall–Kier alpha value is -1.07. The van der Waals surface area contributed by atoms with Gasteiger partial charge in [0.1, 0.15) is 0 Å². The van der Waals surface area contributed by atoms with Gasteiger partial charge >= 0.3 is 6.03 Å². The summed E-state index contributed by atoms with van der Waals surface area (Å²) in [6.07, 6.45) is 2.63. The molecule has 0 aliphatic carbocycles. The van der Waals surface area contributed by atoms with Gasteiger partial charge in [-0.1, -0.05) is 6.08 Å². The SMILES string of the molecule is C=CCNC(=O)NCCCN1CCOCC1. The van der Waals surface area contributed by atoms with E-state index in [9.17, 15) is 4.79 Å². The number of hydrogen-bond donors (Lipinski definition) is 2. The number of nitrogens with one attached hydrogen (secondary N) is 2. The van der Waals surface area contributed by atoms with Gasteiger partial charge in [0.05, 0.1) is 13.2 Å². The van der Waals surface area contributed by atoms with Gasteiger partial charge in [-0.25, -0.2) is 4.79 Å². The van der Waals surface area contributed by atoms with E-state index in [1.54, 1.807) is 6.08 Å². The van der Waals surface area contributed by atoms with Crippen molar-refractivity contribution in [3.05, 3.63) is 12.7 Å². The molecule has 1 saturated heterocycles. The van der Waals surface area contributed by atoms with Crippen LogP contribution in [0, 0.1) is 0 Å². The Morgan fingerprint density at radius 2 is 2.12 bits per heavy atom. The maximum Gasteiger partial charge on any atom is 0.315 e. The van der Waals surface area contributed by atoms with Gasteiger partial charge in [-0.3, -0.25) is 4.90 Å². The zero-order valence-corrected chi connectivity index (χ0v) is 9.71. The van der Waals surface area contributed by atoms with Crippen LogP contribution in [0.15, 0.2) is 12.7 Å². The number of carbonyl (C=O) groups excluding carboxylic acids is 1. The minimum Gasteiger partial charge on any atom is -0.379 e. The molecule has 16 heavy (non-hydrogen) atoms. The van der Waals surface area contributed by atoms with Crippen LogP contribution >= 0.6 is 0 Å². The zero-order chi connectivity index (χ0) is 11.6. The van der Waals surface area contributed by atoms with E-state index in [1.165, 1.54) is 0 Å². The lowest BCUT2D eigenvalue weighted by atomic mass is 10.3. The molecule has 2 N–H and O–H groups in total. The smallest absolute Gasteiger partial charge is 0.315 e. The van der Waals surface area contributed by atoms with Gasteiger partial charge in [0, 0.05) is 26.2 Å². The second-order valence-corrected chi connectivity index (χ2v) is 3.73. The van der Waals surface area contributed by atoms with Gasteiger partial charge < -0.3 is 15.4 Å². The summed E-state index contributed by atoms with van der Waals surface area (Å²) in [6.45, 7) is 9.42. The van der Waals surface area contributed by atoms with Gasteiger partial charge in [0.2, 0.25) is 0 Å². The van der Waals surface area contributed by atoms with E-state index in [-0.39, 0.29) is 6.03 Å². The highest BCUT2D eigenvalue weighted by molar-refractivity contribution is 5.73. The highest BCUT2D eigenvalue weighted by Gasteiger charge is 2.09. The van der Waals surface area contributed by atoms with Crippen molar-refractivity contribution in [2.24, 2.45) is 0 Å². The Balaban J connectivity index is 1.94. The maximum absolute atomic E-state index is 11.1. The first kappa shape index (κ1) is 13.0. The van der Waals surface area contributed by atoms with Crippen LogP contribution in [0.4, 0.5) is 4.79 Å². The number of hydrogen-bond acceptors (Lipinski definition) is 3. The van der Waals surface area contributed by atoms with E-state index in [1.807, 2.05) is 0 Å². The quantitative estimate of drug-likeness (QED) is 0.503. The molecular formula is C11H21N3O2. The lowest BCUT2D eigenvalue weighted by molar-refractivity contribution is 0.0375. The van der Waals surface area contributed by atoms with Gasteiger partial charge in [0.15, 0.2) is 0 Å². The summed E-state index contributed by atoms with van der Waals surface area (Å²) in [7, 11) is 0. The number of carbonyl (C=O) groups is 1. The fraction of sp³-hybridized carbons (Fsp3) is 0.727. The Labute approximate surface area is 96.8 Å². The molecule has 0 unspecified atom stereocenters. The van der Waals surface area contributed by atoms with Crippen LogP contribution in [0.2, 0.25) is 0 Å². The monoisotopic (exact) mass is 227 g/mol. The number of urea groups is 1. The van der Waals surface area contributed by atoms with Crippen LogP contribution in [0.25, 0.3) is 0 Å². The van der Waals surface area contributed by atoms with Crippen molar-refractivity contribution in [1.29, 1.82) is 0 Å². The molecular weight excluding hydrogens is 206 g/mol. The minimum atomic E-state index is -0.123. The maximum atomic E-state index is 11.1. The molecule has 0 aromatic carbocycles. The summed E-state index contributed by atoms with van der Waals surface area (Å²) < 4.78 is 5.26. The number of rotatable bonds is 6. The molecule has 1 heterocycles. The van der Waals surface area contributed by atoms with Crippen molar-refractivity contribution in [3.63, 3.8) is 0 Å². The molecule has 1 fully saturated rings. The summed E-state index contributed by atoms with van der Waals surface area (Å²) in [6, 6.07) is -0.123. The average Bonchev–Trinajstić information content (AvgIpc) is 2.33. The Bertz CT molecular complexity index is 215. The van der Waals surface area contributed by atoms with Gasteiger partial charge in [-0.05, 0) is 13.0 Å². The van der Waals surface area contributed by atoms with E-state index < -0.39 is 0 Å². The van der Waals surface area contributed by atoms with Crippen molar-refractivity contribution in [3.8, 4) is 0 Å². The molecule has 1 aliphatic rings. The fourth-order valence-electron chi connectivity index (χ4n) is 1.56. The van der Waals surface area contributed by atoms with Crippen molar-refractivity contribution >= 4 is 6.03 Å². The lowest BCUT2D eigenvalue weighted by Crippen LogP contribution is -2.40. The summed E-state index contributed by atoms with van der Waals surface area (Å²) in [5, 5.41) is 5.47. The van der Waals surface area contributed by atoms with Crippen LogP contribution in [-0.4, -0.2) is 56.9 Å². The molecule has 92 valence electrons.